The molecule has 11 heteroatoms. The van der Waals surface area contributed by atoms with E-state index in [1.54, 1.807) is 53.5 Å². The molecule has 0 spiro atoms. The average Bonchev–Trinajstić information content (AvgIpc) is 3.49. The van der Waals surface area contributed by atoms with Crippen molar-refractivity contribution >= 4 is 46.4 Å². The van der Waals surface area contributed by atoms with Gasteiger partial charge in [-0.25, -0.2) is 9.38 Å². The van der Waals surface area contributed by atoms with Crippen LogP contribution in [0.25, 0.3) is 6.08 Å². The molecule has 0 atom stereocenters. The lowest BCUT2D eigenvalue weighted by molar-refractivity contribution is -0.759. The molecule has 0 saturated carbocycles. The molecule has 3 heterocycles. The number of hydrogen-bond acceptors (Lipinski definition) is 7. The molecule has 0 aliphatic carbocycles. The Morgan fingerprint density at radius 3 is 2.64 bits per heavy atom. The summed E-state index contributed by atoms with van der Waals surface area (Å²) in [7, 11) is 0. The topological polar surface area (TPSA) is 94.9 Å². The number of nitrogens with one attached hydrogen (secondary N) is 1. The summed E-state index contributed by atoms with van der Waals surface area (Å²) in [6.45, 7) is 1.76. The Kier molecular flexibility index (Phi) is 7.08. The largest absolute Gasteiger partial charge is 0.305 e. The maximum atomic E-state index is 14.2. The Hall–Kier alpha value is -3.99. The van der Waals surface area contributed by atoms with Crippen molar-refractivity contribution in [1.82, 2.24) is 5.27 Å². The number of para-hydroxylation sites is 1. The smallest absolute Gasteiger partial charge is 0.288 e. The maximum Gasteiger partial charge on any atom is 0.305 e. The quantitative estimate of drug-likeness (QED) is 0.406. The zero-order valence-corrected chi connectivity index (χ0v) is 20.2. The van der Waals surface area contributed by atoms with Crippen LogP contribution in [0.1, 0.15) is 24.8 Å². The molecule has 184 valence electrons. The van der Waals surface area contributed by atoms with Crippen molar-refractivity contribution < 1.29 is 23.3 Å². The molecule has 2 amide bonds. The summed E-state index contributed by atoms with van der Waals surface area (Å²) in [4.78, 5) is 33.3. The zero-order chi connectivity index (χ0) is 24.9. The minimum absolute atomic E-state index is 0.0210. The van der Waals surface area contributed by atoms with Gasteiger partial charge in [0.05, 0.1) is 29.3 Å². The van der Waals surface area contributed by atoms with Crippen LogP contribution in [0.15, 0.2) is 76.0 Å². The van der Waals surface area contributed by atoms with E-state index in [2.05, 4.69) is 20.6 Å². The van der Waals surface area contributed by atoms with E-state index in [4.69, 9.17) is 4.52 Å². The molecule has 2 aliphatic heterocycles. The Balaban J connectivity index is 1.30. The first-order valence-corrected chi connectivity index (χ1v) is 12.6. The molecule has 0 bridgehead atoms. The number of benzene rings is 2. The van der Waals surface area contributed by atoms with Crippen LogP contribution < -0.4 is 20.0 Å². The van der Waals surface area contributed by atoms with Crippen LogP contribution >= 0.6 is 11.8 Å². The fraction of sp³-hybridized carbons (Fsp3) is 0.240. The number of amidine groups is 1. The number of amides is 2. The lowest BCUT2D eigenvalue weighted by Gasteiger charge is -2.17. The van der Waals surface area contributed by atoms with E-state index in [1.807, 2.05) is 6.07 Å². The van der Waals surface area contributed by atoms with Crippen LogP contribution in [-0.2, 0) is 9.59 Å². The van der Waals surface area contributed by atoms with Crippen LogP contribution in [0.4, 0.5) is 16.0 Å². The number of nitrogens with zero attached hydrogens (tertiary/aromatic N) is 5. The summed E-state index contributed by atoms with van der Waals surface area (Å²) >= 11 is 1.10. The van der Waals surface area contributed by atoms with Gasteiger partial charge in [-0.05, 0) is 43.5 Å². The molecule has 1 fully saturated rings. The van der Waals surface area contributed by atoms with Gasteiger partial charge >= 0.3 is 5.88 Å². The number of halogens is 1. The summed E-state index contributed by atoms with van der Waals surface area (Å²) in [5, 5.41) is 9.05. The second kappa shape index (κ2) is 10.7. The average molecular weight is 508 g/mol. The Morgan fingerprint density at radius 2 is 1.86 bits per heavy atom. The number of rotatable bonds is 6. The van der Waals surface area contributed by atoms with E-state index in [0.717, 1.165) is 37.7 Å². The van der Waals surface area contributed by atoms with Crippen LogP contribution in [0.3, 0.4) is 0 Å². The van der Waals surface area contributed by atoms with Gasteiger partial charge in [-0.1, -0.05) is 48.2 Å². The van der Waals surface area contributed by atoms with Crippen LogP contribution in [0.5, 0.6) is 0 Å². The molecular weight excluding hydrogens is 483 g/mol. The molecule has 2 aromatic carbocycles. The van der Waals surface area contributed by atoms with Gasteiger partial charge in [-0.15, -0.1) is 0 Å². The molecule has 2 aliphatic rings. The highest BCUT2D eigenvalue weighted by Gasteiger charge is 2.32. The number of carbonyl (C=O) groups is 2. The molecule has 36 heavy (non-hydrogen) atoms. The fourth-order valence-electron chi connectivity index (χ4n) is 3.95. The summed E-state index contributed by atoms with van der Waals surface area (Å²) in [6, 6.07) is 15.2. The number of piperidine rings is 1. The number of aromatic nitrogens is 2. The van der Waals surface area contributed by atoms with Gasteiger partial charge in [-0.2, -0.15) is 5.01 Å². The number of aliphatic imine (C=N–C) groups is 1. The second-order valence-corrected chi connectivity index (χ2v) is 9.20. The third kappa shape index (κ3) is 5.30. The zero-order valence-electron chi connectivity index (χ0n) is 19.3. The highest BCUT2D eigenvalue weighted by Crippen LogP contribution is 2.29. The Bertz CT molecular complexity index is 1320. The molecule has 0 radical (unpaired) electrons. The molecule has 9 nitrogen and oxygen atoms in total. The van der Waals surface area contributed by atoms with Gasteiger partial charge in [0.25, 0.3) is 12.1 Å². The second-order valence-electron chi connectivity index (χ2n) is 8.26. The summed E-state index contributed by atoms with van der Waals surface area (Å²) in [6.07, 6.45) is 6.42. The van der Waals surface area contributed by atoms with Crippen molar-refractivity contribution in [1.29, 1.82) is 0 Å². The predicted octanol–water partition coefficient (Wildman–Crippen LogP) is 3.34. The van der Waals surface area contributed by atoms with Crippen molar-refractivity contribution in [3.8, 4) is 0 Å². The predicted molar refractivity (Wildman–Crippen MR) is 135 cm³/mol. The minimum Gasteiger partial charge on any atom is -0.288 e. The number of anilines is 2. The van der Waals surface area contributed by atoms with E-state index < -0.39 is 11.7 Å². The lowest BCUT2D eigenvalue weighted by atomic mass is 10.1. The lowest BCUT2D eigenvalue weighted by Crippen LogP contribution is -2.60. The molecule has 0 unspecified atom stereocenters. The SMILES string of the molecule is O=C(CSC1=N/C(=C/c2ccccc2F)C(=O)N1c1ccccc1)Nc1c[n+](N2CCCCC2)no1. The van der Waals surface area contributed by atoms with Gasteiger partial charge < -0.3 is 0 Å². The first kappa shape index (κ1) is 23.7. The highest BCUT2D eigenvalue weighted by molar-refractivity contribution is 8.14. The first-order valence-electron chi connectivity index (χ1n) is 11.6. The van der Waals surface area contributed by atoms with Crippen molar-refractivity contribution in [3.05, 3.63) is 77.9 Å². The van der Waals surface area contributed by atoms with Crippen molar-refractivity contribution in [3.63, 3.8) is 0 Å². The van der Waals surface area contributed by atoms with Gasteiger partial charge in [0.1, 0.15) is 11.5 Å². The van der Waals surface area contributed by atoms with E-state index in [0.29, 0.717) is 10.9 Å². The van der Waals surface area contributed by atoms with Gasteiger partial charge in [0.15, 0.2) is 5.17 Å². The monoisotopic (exact) mass is 507 g/mol. The van der Waals surface area contributed by atoms with Crippen molar-refractivity contribution in [2.75, 3.05) is 34.1 Å². The highest BCUT2D eigenvalue weighted by atomic mass is 32.2. The normalized spacial score (nSPS) is 17.0. The molecule has 1 saturated heterocycles. The number of hydrogen-bond donors (Lipinski definition) is 1. The van der Waals surface area contributed by atoms with E-state index in [9.17, 15) is 14.0 Å². The van der Waals surface area contributed by atoms with Gasteiger partial charge in [0.2, 0.25) is 11.2 Å². The maximum absolute atomic E-state index is 14.2. The number of thioether (sulfide) groups is 1. The van der Waals surface area contributed by atoms with Crippen LogP contribution in [-0.4, -0.2) is 41.1 Å². The van der Waals surface area contributed by atoms with Crippen molar-refractivity contribution in [2.45, 2.75) is 19.3 Å². The molecular formula is C25H24FN6O3S+. The molecule has 1 aromatic heterocycles. The standard InChI is InChI=1S/C25H23FN6O3S/c26-20-12-6-5-9-18(20)15-21-24(34)32(19-10-3-1-4-11-19)25(27-21)36-17-22(33)28-23-16-31(29-35-23)30-13-7-2-8-14-30/h1,3-6,9-12,15-16H,2,7-8,13-14,17H2/p+1/b21-15+. The Morgan fingerprint density at radius 1 is 1.11 bits per heavy atom. The molecule has 3 aromatic rings. The molecule has 5 rings (SSSR count). The fourth-order valence-corrected chi connectivity index (χ4v) is 4.76. The van der Waals surface area contributed by atoms with Gasteiger partial charge in [0, 0.05) is 5.56 Å². The van der Waals surface area contributed by atoms with E-state index >= 15 is 0 Å². The first-order chi connectivity index (χ1) is 17.6. The van der Waals surface area contributed by atoms with Crippen molar-refractivity contribution in [2.24, 2.45) is 4.99 Å². The third-order valence-corrected chi connectivity index (χ3v) is 6.65. The molecule has 1 N–H and O–H groups in total. The summed E-state index contributed by atoms with van der Waals surface area (Å²) in [5.41, 5.74) is 0.947. The minimum atomic E-state index is -0.450. The Labute approximate surface area is 211 Å². The van der Waals surface area contributed by atoms with Crippen LogP contribution in [0, 0.1) is 5.82 Å². The van der Waals surface area contributed by atoms with Crippen LogP contribution in [0.2, 0.25) is 0 Å². The van der Waals surface area contributed by atoms with Gasteiger partial charge in [-0.3, -0.25) is 24.3 Å². The summed E-state index contributed by atoms with van der Waals surface area (Å²) < 4.78 is 19.4. The van der Waals surface area contributed by atoms with E-state index in [-0.39, 0.29) is 28.8 Å². The van der Waals surface area contributed by atoms with E-state index in [1.165, 1.54) is 23.5 Å². The third-order valence-electron chi connectivity index (χ3n) is 5.71. The summed E-state index contributed by atoms with van der Waals surface area (Å²) in [5.74, 6) is -0.974. The number of carbonyl (C=O) groups excluding carboxylic acids is 2.